The molecule has 0 bridgehead atoms. The van der Waals surface area contributed by atoms with Crippen LogP contribution in [0.25, 0.3) is 0 Å². The predicted molar refractivity (Wildman–Crippen MR) is 103 cm³/mol. The fourth-order valence-corrected chi connectivity index (χ4v) is 4.12. The third-order valence-electron chi connectivity index (χ3n) is 5.37. The number of hydrogen-bond donors (Lipinski definition) is 2. The van der Waals surface area contributed by atoms with Crippen molar-refractivity contribution in [3.05, 3.63) is 0 Å². The maximum absolute atomic E-state index is 15.4. The first-order chi connectivity index (χ1) is 13.8. The van der Waals surface area contributed by atoms with Crippen LogP contribution in [0, 0.1) is 11.8 Å². The Balaban J connectivity index is 2.19. The molecular weight excluding hydrogens is 399 g/mol. The molecule has 10 heteroatoms. The molecule has 0 spiro atoms. The van der Waals surface area contributed by atoms with E-state index in [0.29, 0.717) is 0 Å². The number of esters is 2. The second-order valence-electron chi connectivity index (χ2n) is 8.66. The van der Waals surface area contributed by atoms with Gasteiger partial charge in [0, 0.05) is 11.8 Å². The average molecular weight is 430 g/mol. The van der Waals surface area contributed by atoms with Crippen molar-refractivity contribution in [1.82, 2.24) is 10.6 Å². The minimum absolute atomic E-state index is 0.000445. The Hall–Kier alpha value is -2.39. The van der Waals surface area contributed by atoms with Crippen LogP contribution in [0.1, 0.15) is 54.4 Å². The quantitative estimate of drug-likeness (QED) is 0.465. The fraction of sp³-hybridized carbons (Fsp3) is 0.800. The third kappa shape index (κ3) is 4.37. The number of alkyl carbamates (subject to hydrolysis) is 1. The molecule has 2 amide bonds. The van der Waals surface area contributed by atoms with E-state index in [-0.39, 0.29) is 26.1 Å². The van der Waals surface area contributed by atoms with Crippen LogP contribution >= 0.6 is 0 Å². The lowest BCUT2D eigenvalue weighted by atomic mass is 9.88. The van der Waals surface area contributed by atoms with Crippen molar-refractivity contribution >= 4 is 23.9 Å². The van der Waals surface area contributed by atoms with Gasteiger partial charge in [-0.15, -0.1) is 0 Å². The Morgan fingerprint density at radius 1 is 1.10 bits per heavy atom. The van der Waals surface area contributed by atoms with Gasteiger partial charge in [0.2, 0.25) is 11.6 Å². The molecule has 2 N–H and O–H groups in total. The fourth-order valence-electron chi connectivity index (χ4n) is 4.12. The summed E-state index contributed by atoms with van der Waals surface area (Å²) < 4.78 is 30.5. The smallest absolute Gasteiger partial charge is 0.408 e. The number of carbonyl (C=O) groups excluding carboxylic acids is 4. The summed E-state index contributed by atoms with van der Waals surface area (Å²) in [6.45, 7) is 9.61. The molecule has 2 fully saturated rings. The zero-order valence-corrected chi connectivity index (χ0v) is 18.3. The molecule has 0 aromatic rings. The second-order valence-corrected chi connectivity index (χ2v) is 8.66. The van der Waals surface area contributed by atoms with Crippen LogP contribution in [-0.2, 0) is 28.6 Å². The van der Waals surface area contributed by atoms with Gasteiger partial charge in [-0.05, 0) is 54.4 Å². The summed E-state index contributed by atoms with van der Waals surface area (Å²) in [7, 11) is 0. The maximum Gasteiger partial charge on any atom is 0.408 e. The summed E-state index contributed by atoms with van der Waals surface area (Å²) in [5, 5.41) is 4.94. The number of ether oxygens (including phenoxy) is 3. The van der Waals surface area contributed by atoms with Crippen molar-refractivity contribution in [2.24, 2.45) is 11.8 Å². The summed E-state index contributed by atoms with van der Waals surface area (Å²) in [4.78, 5) is 49.6. The number of hydrogen-bond acceptors (Lipinski definition) is 7. The molecule has 0 aromatic heterocycles. The van der Waals surface area contributed by atoms with Gasteiger partial charge in [0.05, 0.1) is 13.2 Å². The van der Waals surface area contributed by atoms with Gasteiger partial charge >= 0.3 is 18.0 Å². The number of halogens is 1. The summed E-state index contributed by atoms with van der Waals surface area (Å²) in [6, 6.07) is -1.07. The summed E-state index contributed by atoms with van der Waals surface area (Å²) in [5.74, 6) is -4.38. The molecule has 9 nitrogen and oxygen atoms in total. The van der Waals surface area contributed by atoms with Crippen LogP contribution in [0.3, 0.4) is 0 Å². The molecule has 1 unspecified atom stereocenters. The molecule has 2 aliphatic rings. The zero-order chi connectivity index (χ0) is 22.9. The molecule has 30 heavy (non-hydrogen) atoms. The van der Waals surface area contributed by atoms with Gasteiger partial charge in [-0.1, -0.05) is 0 Å². The molecule has 2 saturated carbocycles. The minimum atomic E-state index is -2.35. The number of amides is 2. The topological polar surface area (TPSA) is 120 Å². The van der Waals surface area contributed by atoms with E-state index in [2.05, 4.69) is 10.6 Å². The Morgan fingerprint density at radius 3 is 2.20 bits per heavy atom. The van der Waals surface area contributed by atoms with E-state index < -0.39 is 58.6 Å². The highest BCUT2D eigenvalue weighted by Gasteiger charge is 2.83. The van der Waals surface area contributed by atoms with Crippen LogP contribution in [-0.4, -0.2) is 60.0 Å². The first-order valence-electron chi connectivity index (χ1n) is 10.2. The molecule has 0 aliphatic heterocycles. The van der Waals surface area contributed by atoms with E-state index in [1.54, 1.807) is 34.6 Å². The van der Waals surface area contributed by atoms with Crippen molar-refractivity contribution < 1.29 is 37.8 Å². The van der Waals surface area contributed by atoms with Gasteiger partial charge in [-0.25, -0.2) is 18.8 Å². The van der Waals surface area contributed by atoms with Gasteiger partial charge in [0.15, 0.2) is 0 Å². The van der Waals surface area contributed by atoms with Crippen LogP contribution in [0.4, 0.5) is 9.18 Å². The van der Waals surface area contributed by atoms with E-state index in [4.69, 9.17) is 14.2 Å². The molecule has 0 heterocycles. The SMILES string of the molecule is CCOC(=O)[C@@]1(F)[C@@H]2CC[C@@](NC(=O)C(C)NC(=O)OC(C)(C)C)(C(=O)OCC)[C@@H]21. The van der Waals surface area contributed by atoms with Gasteiger partial charge < -0.3 is 24.8 Å². The van der Waals surface area contributed by atoms with E-state index >= 15 is 4.39 Å². The molecule has 170 valence electrons. The van der Waals surface area contributed by atoms with Crippen LogP contribution in [0.5, 0.6) is 0 Å². The van der Waals surface area contributed by atoms with Gasteiger partial charge in [-0.2, -0.15) is 0 Å². The standard InChI is InChI=1S/C20H31FN2O7/c1-7-28-15(25)19(10-9-12-13(19)20(12,21)16(26)29-8-2)23-14(24)11(3)22-17(27)30-18(4,5)6/h11-13H,7-10H2,1-6H3,(H,22,27)(H,23,24)/t11?,12-,13-,19+,20-/m1/s1. The molecule has 0 saturated heterocycles. The molecular formula is C20H31FN2O7. The number of rotatable bonds is 7. The van der Waals surface area contributed by atoms with Crippen molar-refractivity contribution in [2.45, 2.75) is 77.2 Å². The number of nitrogens with one attached hydrogen (secondary N) is 2. The number of fused-ring (bicyclic) bond motifs is 1. The summed E-state index contributed by atoms with van der Waals surface area (Å²) >= 11 is 0. The lowest BCUT2D eigenvalue weighted by molar-refractivity contribution is -0.159. The molecule has 0 aromatic carbocycles. The van der Waals surface area contributed by atoms with Crippen molar-refractivity contribution in [2.75, 3.05) is 13.2 Å². The highest BCUT2D eigenvalue weighted by Crippen LogP contribution is 2.67. The lowest BCUT2D eigenvalue weighted by Crippen LogP contribution is -2.61. The molecule has 2 rings (SSSR count). The average Bonchev–Trinajstić information content (AvgIpc) is 3.03. The van der Waals surface area contributed by atoms with E-state index in [0.717, 1.165) is 0 Å². The first kappa shape index (κ1) is 23.9. The van der Waals surface area contributed by atoms with Crippen LogP contribution in [0.15, 0.2) is 0 Å². The highest BCUT2D eigenvalue weighted by molar-refractivity contribution is 5.96. The van der Waals surface area contributed by atoms with E-state index in [9.17, 15) is 19.2 Å². The highest BCUT2D eigenvalue weighted by atomic mass is 19.1. The van der Waals surface area contributed by atoms with Crippen molar-refractivity contribution in [1.29, 1.82) is 0 Å². The molecule has 0 radical (unpaired) electrons. The van der Waals surface area contributed by atoms with Gasteiger partial charge in [0.25, 0.3) is 0 Å². The number of alkyl halides is 1. The Labute approximate surface area is 175 Å². The largest absolute Gasteiger partial charge is 0.464 e. The van der Waals surface area contributed by atoms with E-state index in [1.807, 2.05) is 0 Å². The normalized spacial score (nSPS) is 30.5. The molecule has 2 aliphatic carbocycles. The summed E-state index contributed by atoms with van der Waals surface area (Å²) in [5.41, 5.74) is -4.81. The van der Waals surface area contributed by atoms with Crippen molar-refractivity contribution in [3.8, 4) is 0 Å². The monoisotopic (exact) mass is 430 g/mol. The number of carbonyl (C=O) groups is 4. The van der Waals surface area contributed by atoms with Gasteiger partial charge in [0.1, 0.15) is 17.2 Å². The minimum Gasteiger partial charge on any atom is -0.464 e. The Kier molecular flexibility index (Phi) is 6.68. The second kappa shape index (κ2) is 8.39. The zero-order valence-electron chi connectivity index (χ0n) is 18.3. The first-order valence-corrected chi connectivity index (χ1v) is 10.2. The Bertz CT molecular complexity index is 722. The van der Waals surface area contributed by atoms with Crippen molar-refractivity contribution in [3.63, 3.8) is 0 Å². The Morgan fingerprint density at radius 2 is 1.67 bits per heavy atom. The van der Waals surface area contributed by atoms with Gasteiger partial charge in [-0.3, -0.25) is 4.79 Å². The predicted octanol–water partition coefficient (Wildman–Crippen LogP) is 1.63. The lowest BCUT2D eigenvalue weighted by Gasteiger charge is -2.33. The van der Waals surface area contributed by atoms with Crippen LogP contribution in [0.2, 0.25) is 0 Å². The third-order valence-corrected chi connectivity index (χ3v) is 5.37. The maximum atomic E-state index is 15.4. The summed E-state index contributed by atoms with van der Waals surface area (Å²) in [6.07, 6.45) is -0.471. The van der Waals surface area contributed by atoms with E-state index in [1.165, 1.54) is 6.92 Å². The molecule has 5 atom stereocenters. The van der Waals surface area contributed by atoms with Crippen LogP contribution < -0.4 is 10.6 Å².